The van der Waals surface area contributed by atoms with Crippen molar-refractivity contribution in [3.8, 4) is 0 Å². The fourth-order valence-corrected chi connectivity index (χ4v) is 5.24. The molecule has 0 radical (unpaired) electrons. The summed E-state index contributed by atoms with van der Waals surface area (Å²) >= 11 is 7.58. The molecule has 8 heteroatoms. The van der Waals surface area contributed by atoms with Crippen LogP contribution < -0.4 is 9.62 Å². The van der Waals surface area contributed by atoms with Crippen molar-refractivity contribution in [3.05, 3.63) is 83.4 Å². The molecule has 0 bridgehead atoms. The highest BCUT2D eigenvalue weighted by Gasteiger charge is 2.27. The summed E-state index contributed by atoms with van der Waals surface area (Å²) in [5, 5.41) is 3.33. The lowest BCUT2D eigenvalue weighted by molar-refractivity contribution is -0.114. The van der Waals surface area contributed by atoms with E-state index >= 15 is 0 Å². The molecule has 3 rings (SSSR count). The second-order valence-corrected chi connectivity index (χ2v) is 10.4. The first-order valence-electron chi connectivity index (χ1n) is 9.68. The van der Waals surface area contributed by atoms with Crippen LogP contribution in [0.4, 0.5) is 11.4 Å². The summed E-state index contributed by atoms with van der Waals surface area (Å²) in [4.78, 5) is 13.9. The molecule has 1 N–H and O–H groups in total. The average molecular weight is 475 g/mol. The number of carbonyl (C=O) groups is 1. The van der Waals surface area contributed by atoms with Crippen LogP contribution in [0.5, 0.6) is 0 Å². The van der Waals surface area contributed by atoms with Crippen molar-refractivity contribution < 1.29 is 13.2 Å². The zero-order chi connectivity index (χ0) is 22.4. The summed E-state index contributed by atoms with van der Waals surface area (Å²) < 4.78 is 27.9. The minimum Gasteiger partial charge on any atom is -0.323 e. The summed E-state index contributed by atoms with van der Waals surface area (Å²) in [6, 6.07) is 20.4. The van der Waals surface area contributed by atoms with Crippen molar-refractivity contribution in [2.75, 3.05) is 21.9 Å². The number of hydrogen-bond donors (Lipinski definition) is 1. The Balaban J connectivity index is 1.93. The number of amides is 1. The molecule has 31 heavy (non-hydrogen) atoms. The highest BCUT2D eigenvalue weighted by molar-refractivity contribution is 7.99. The summed E-state index contributed by atoms with van der Waals surface area (Å²) in [6.07, 6.45) is 0. The number of sulfonamides is 1. The number of aryl methyl sites for hydroxylation is 1. The largest absolute Gasteiger partial charge is 0.323 e. The minimum atomic E-state index is -3.97. The van der Waals surface area contributed by atoms with Crippen LogP contribution in [-0.2, 0) is 14.8 Å². The molecule has 0 aromatic heterocycles. The lowest BCUT2D eigenvalue weighted by Gasteiger charge is -2.24. The third kappa shape index (κ3) is 5.81. The van der Waals surface area contributed by atoms with E-state index in [4.69, 9.17) is 11.6 Å². The van der Waals surface area contributed by atoms with Gasteiger partial charge in [-0.3, -0.25) is 9.10 Å². The van der Waals surface area contributed by atoms with Crippen LogP contribution in [0.15, 0.2) is 82.6 Å². The predicted molar refractivity (Wildman–Crippen MR) is 129 cm³/mol. The standard InChI is InChI=1S/C23H23ClN2O3S2/c1-3-30-22-7-5-4-6-21(22)25-23(27)16-26(19-12-10-18(24)11-13-19)31(28,29)20-14-8-17(2)9-15-20/h4-15H,3,16H2,1-2H3,(H,25,27). The molecule has 162 valence electrons. The number of halogens is 1. The van der Waals surface area contributed by atoms with E-state index in [9.17, 15) is 13.2 Å². The smallest absolute Gasteiger partial charge is 0.264 e. The van der Waals surface area contributed by atoms with E-state index in [1.54, 1.807) is 66.4 Å². The van der Waals surface area contributed by atoms with E-state index in [-0.39, 0.29) is 11.4 Å². The highest BCUT2D eigenvalue weighted by atomic mass is 35.5. The van der Waals surface area contributed by atoms with Crippen LogP contribution in [0.2, 0.25) is 5.02 Å². The Hall–Kier alpha value is -2.48. The topological polar surface area (TPSA) is 66.5 Å². The normalized spacial score (nSPS) is 11.2. The Morgan fingerprint density at radius 1 is 1.00 bits per heavy atom. The summed E-state index contributed by atoms with van der Waals surface area (Å²) in [6.45, 7) is 3.54. The molecule has 1 amide bonds. The fourth-order valence-electron chi connectivity index (χ4n) is 2.93. The van der Waals surface area contributed by atoms with Gasteiger partial charge in [0.1, 0.15) is 6.54 Å². The fraction of sp³-hybridized carbons (Fsp3) is 0.174. The summed E-state index contributed by atoms with van der Waals surface area (Å²) in [7, 11) is -3.97. The van der Waals surface area contributed by atoms with Crippen LogP contribution in [0.25, 0.3) is 0 Å². The van der Waals surface area contributed by atoms with Crippen LogP contribution in [-0.4, -0.2) is 26.6 Å². The molecule has 0 saturated carbocycles. The number of carbonyl (C=O) groups excluding carboxylic acids is 1. The molecule has 0 aliphatic rings. The van der Waals surface area contributed by atoms with Crippen LogP contribution in [0.3, 0.4) is 0 Å². The first-order valence-corrected chi connectivity index (χ1v) is 12.5. The third-order valence-electron chi connectivity index (χ3n) is 4.47. The van der Waals surface area contributed by atoms with Gasteiger partial charge in [-0.2, -0.15) is 0 Å². The molecule has 3 aromatic rings. The van der Waals surface area contributed by atoms with Gasteiger partial charge in [-0.15, -0.1) is 11.8 Å². The van der Waals surface area contributed by atoms with E-state index in [1.165, 1.54) is 0 Å². The zero-order valence-electron chi connectivity index (χ0n) is 17.2. The van der Waals surface area contributed by atoms with Gasteiger partial charge in [0, 0.05) is 9.92 Å². The van der Waals surface area contributed by atoms with Crippen LogP contribution in [0, 0.1) is 6.92 Å². The molecule has 0 aliphatic heterocycles. The molecule has 0 fully saturated rings. The maximum Gasteiger partial charge on any atom is 0.264 e. The Kier molecular flexibility index (Phi) is 7.64. The van der Waals surface area contributed by atoms with E-state index in [0.29, 0.717) is 16.4 Å². The Morgan fingerprint density at radius 3 is 2.29 bits per heavy atom. The Morgan fingerprint density at radius 2 is 1.65 bits per heavy atom. The number of para-hydroxylation sites is 1. The molecule has 0 atom stereocenters. The maximum absolute atomic E-state index is 13.4. The number of rotatable bonds is 8. The second-order valence-electron chi connectivity index (χ2n) is 6.78. The molecule has 0 saturated heterocycles. The van der Waals surface area contributed by atoms with E-state index in [0.717, 1.165) is 20.5 Å². The predicted octanol–water partition coefficient (Wildman–Crippen LogP) is 5.59. The van der Waals surface area contributed by atoms with Crippen molar-refractivity contribution in [3.63, 3.8) is 0 Å². The Bertz CT molecular complexity index is 1150. The van der Waals surface area contributed by atoms with E-state index in [1.807, 2.05) is 32.0 Å². The van der Waals surface area contributed by atoms with Gasteiger partial charge in [-0.25, -0.2) is 8.42 Å². The van der Waals surface area contributed by atoms with Crippen LogP contribution >= 0.6 is 23.4 Å². The van der Waals surface area contributed by atoms with E-state index in [2.05, 4.69) is 5.32 Å². The second kappa shape index (κ2) is 10.2. The van der Waals surface area contributed by atoms with Crippen molar-refractivity contribution in [2.24, 2.45) is 0 Å². The molecule has 3 aromatic carbocycles. The van der Waals surface area contributed by atoms with Gasteiger partial charge in [0.25, 0.3) is 10.0 Å². The molecule has 0 spiro atoms. The quantitative estimate of drug-likeness (QED) is 0.432. The van der Waals surface area contributed by atoms with Gasteiger partial charge >= 0.3 is 0 Å². The third-order valence-corrected chi connectivity index (χ3v) is 7.47. The number of nitrogens with one attached hydrogen (secondary N) is 1. The SMILES string of the molecule is CCSc1ccccc1NC(=O)CN(c1ccc(Cl)cc1)S(=O)(=O)c1ccc(C)cc1. The highest BCUT2D eigenvalue weighted by Crippen LogP contribution is 2.28. The lowest BCUT2D eigenvalue weighted by Crippen LogP contribution is -2.38. The molecule has 0 unspecified atom stereocenters. The lowest BCUT2D eigenvalue weighted by atomic mass is 10.2. The summed E-state index contributed by atoms with van der Waals surface area (Å²) in [5.74, 6) is 0.417. The van der Waals surface area contributed by atoms with Gasteiger partial charge in [-0.05, 0) is 61.2 Å². The number of nitrogens with zero attached hydrogens (tertiary/aromatic N) is 1. The van der Waals surface area contributed by atoms with E-state index < -0.39 is 15.9 Å². The summed E-state index contributed by atoms with van der Waals surface area (Å²) in [5.41, 5.74) is 1.96. The molecule has 5 nitrogen and oxygen atoms in total. The molecular formula is C23H23ClN2O3S2. The van der Waals surface area contributed by atoms with Gasteiger partial charge in [0.15, 0.2) is 0 Å². The molecule has 0 heterocycles. The first-order chi connectivity index (χ1) is 14.8. The van der Waals surface area contributed by atoms with Crippen molar-refractivity contribution in [1.82, 2.24) is 0 Å². The van der Waals surface area contributed by atoms with Crippen molar-refractivity contribution >= 4 is 50.7 Å². The average Bonchev–Trinajstić information content (AvgIpc) is 2.75. The minimum absolute atomic E-state index is 0.114. The first kappa shape index (κ1) is 23.2. The number of thioether (sulfide) groups is 1. The molecule has 0 aliphatic carbocycles. The monoisotopic (exact) mass is 474 g/mol. The maximum atomic E-state index is 13.4. The number of anilines is 2. The Labute approximate surface area is 192 Å². The van der Waals surface area contributed by atoms with Gasteiger partial charge in [-0.1, -0.05) is 48.4 Å². The molecular weight excluding hydrogens is 452 g/mol. The number of hydrogen-bond acceptors (Lipinski definition) is 4. The number of benzene rings is 3. The van der Waals surface area contributed by atoms with Gasteiger partial charge in [0.2, 0.25) is 5.91 Å². The van der Waals surface area contributed by atoms with Gasteiger partial charge in [0.05, 0.1) is 16.3 Å². The van der Waals surface area contributed by atoms with Gasteiger partial charge < -0.3 is 5.32 Å². The van der Waals surface area contributed by atoms with Crippen LogP contribution in [0.1, 0.15) is 12.5 Å². The van der Waals surface area contributed by atoms with Crippen molar-refractivity contribution in [2.45, 2.75) is 23.6 Å². The zero-order valence-corrected chi connectivity index (χ0v) is 19.6. The van der Waals surface area contributed by atoms with Crippen molar-refractivity contribution in [1.29, 1.82) is 0 Å².